The lowest BCUT2D eigenvalue weighted by atomic mass is 10.2. The van der Waals surface area contributed by atoms with Gasteiger partial charge in [-0.15, -0.1) is 10.2 Å². The number of aromatic nitrogens is 4. The van der Waals surface area contributed by atoms with E-state index >= 15 is 0 Å². The molecule has 0 atom stereocenters. The van der Waals surface area contributed by atoms with E-state index in [0.29, 0.717) is 22.0 Å². The third-order valence-electron chi connectivity index (χ3n) is 4.11. The number of amides is 1. The number of nitrogens with one attached hydrogen (secondary N) is 2. The Morgan fingerprint density at radius 1 is 1.07 bits per heavy atom. The normalized spacial score (nSPS) is 10.9. The molecule has 0 unspecified atom stereocenters. The molecule has 0 aliphatic rings. The zero-order valence-corrected chi connectivity index (χ0v) is 16.0. The Bertz CT molecular complexity index is 1140. The van der Waals surface area contributed by atoms with Gasteiger partial charge in [0, 0.05) is 16.6 Å². The minimum Gasteiger partial charge on any atom is -0.497 e. The summed E-state index contributed by atoms with van der Waals surface area (Å²) < 4.78 is 10.4. The molecular weight excluding hydrogens is 378 g/mol. The second-order valence-corrected chi connectivity index (χ2v) is 6.84. The second kappa shape index (κ2) is 7.73. The number of carbonyl (C=O) groups excluding carboxylic acids is 1. The lowest BCUT2D eigenvalue weighted by Gasteiger charge is -2.05. The molecule has 0 aliphatic carbocycles. The number of methoxy groups -OCH3 is 2. The number of anilines is 1. The van der Waals surface area contributed by atoms with E-state index in [1.54, 1.807) is 38.5 Å². The van der Waals surface area contributed by atoms with Crippen LogP contribution >= 0.6 is 11.8 Å². The average molecular weight is 395 g/mol. The number of carbonyl (C=O) groups is 1. The summed E-state index contributed by atoms with van der Waals surface area (Å²) in [5, 5.41) is 12.5. The molecule has 0 aliphatic heterocycles. The van der Waals surface area contributed by atoms with E-state index in [1.165, 1.54) is 11.8 Å². The highest BCUT2D eigenvalue weighted by Crippen LogP contribution is 2.27. The van der Waals surface area contributed by atoms with Crippen molar-refractivity contribution in [2.45, 2.75) is 5.16 Å². The van der Waals surface area contributed by atoms with Crippen LogP contribution in [0, 0.1) is 0 Å². The van der Waals surface area contributed by atoms with Gasteiger partial charge in [0.2, 0.25) is 11.1 Å². The van der Waals surface area contributed by atoms with E-state index in [-0.39, 0.29) is 11.7 Å². The number of thioether (sulfide) groups is 1. The largest absolute Gasteiger partial charge is 0.497 e. The van der Waals surface area contributed by atoms with E-state index in [1.807, 2.05) is 18.2 Å². The summed E-state index contributed by atoms with van der Waals surface area (Å²) in [6, 6.07) is 12.8. The highest BCUT2D eigenvalue weighted by Gasteiger charge is 2.12. The summed E-state index contributed by atoms with van der Waals surface area (Å²) in [6.07, 6.45) is 0. The van der Waals surface area contributed by atoms with Gasteiger partial charge in [-0.1, -0.05) is 11.8 Å². The van der Waals surface area contributed by atoms with Crippen LogP contribution in [-0.4, -0.2) is 46.0 Å². The van der Waals surface area contributed by atoms with Gasteiger partial charge in [0.15, 0.2) is 5.65 Å². The third-order valence-corrected chi connectivity index (χ3v) is 4.95. The monoisotopic (exact) mass is 395 g/mol. The van der Waals surface area contributed by atoms with E-state index < -0.39 is 0 Å². The summed E-state index contributed by atoms with van der Waals surface area (Å²) in [6.45, 7) is 0. The number of hydrogen-bond acceptors (Lipinski definition) is 7. The molecule has 142 valence electrons. The molecule has 0 radical (unpaired) electrons. The van der Waals surface area contributed by atoms with Gasteiger partial charge in [-0.2, -0.15) is 0 Å². The van der Waals surface area contributed by atoms with Crippen LogP contribution < -0.4 is 14.8 Å². The van der Waals surface area contributed by atoms with Crippen LogP contribution in [0.15, 0.2) is 47.6 Å². The summed E-state index contributed by atoms with van der Waals surface area (Å²) in [5.74, 6) is 1.49. The summed E-state index contributed by atoms with van der Waals surface area (Å²) >= 11 is 1.22. The maximum Gasteiger partial charge on any atom is 0.234 e. The first-order valence-corrected chi connectivity index (χ1v) is 9.41. The van der Waals surface area contributed by atoms with Crippen LogP contribution in [0.5, 0.6) is 11.5 Å². The van der Waals surface area contributed by atoms with Crippen LogP contribution in [-0.2, 0) is 4.79 Å². The molecule has 1 amide bonds. The van der Waals surface area contributed by atoms with Crippen LogP contribution in [0.3, 0.4) is 0 Å². The Hall–Kier alpha value is -3.33. The summed E-state index contributed by atoms with van der Waals surface area (Å²) in [5.41, 5.74) is 2.89. The fraction of sp³-hybridized carbons (Fsp3) is 0.158. The molecule has 0 saturated heterocycles. The zero-order valence-electron chi connectivity index (χ0n) is 15.2. The Morgan fingerprint density at radius 2 is 1.82 bits per heavy atom. The van der Waals surface area contributed by atoms with Gasteiger partial charge >= 0.3 is 0 Å². The van der Waals surface area contributed by atoms with Crippen LogP contribution in [0.2, 0.25) is 0 Å². The van der Waals surface area contributed by atoms with E-state index in [9.17, 15) is 4.79 Å². The van der Waals surface area contributed by atoms with Crippen molar-refractivity contribution in [2.24, 2.45) is 0 Å². The predicted molar refractivity (Wildman–Crippen MR) is 108 cm³/mol. The maximum atomic E-state index is 12.2. The molecule has 4 rings (SSSR count). The van der Waals surface area contributed by atoms with Crippen LogP contribution in [0.4, 0.5) is 5.69 Å². The van der Waals surface area contributed by atoms with Crippen molar-refractivity contribution in [3.05, 3.63) is 42.5 Å². The molecule has 0 fully saturated rings. The Morgan fingerprint density at radius 3 is 2.57 bits per heavy atom. The van der Waals surface area contributed by atoms with Gasteiger partial charge in [-0.3, -0.25) is 4.79 Å². The molecular formula is C19H17N5O3S. The maximum absolute atomic E-state index is 12.2. The minimum absolute atomic E-state index is 0.153. The van der Waals surface area contributed by atoms with Crippen LogP contribution in [0.25, 0.3) is 22.1 Å². The minimum atomic E-state index is -0.153. The van der Waals surface area contributed by atoms with E-state index in [0.717, 1.165) is 22.4 Å². The summed E-state index contributed by atoms with van der Waals surface area (Å²) in [4.78, 5) is 19.8. The van der Waals surface area contributed by atoms with E-state index in [2.05, 4.69) is 25.5 Å². The first kappa shape index (κ1) is 18.1. The van der Waals surface area contributed by atoms with Gasteiger partial charge < -0.3 is 19.8 Å². The van der Waals surface area contributed by atoms with Gasteiger partial charge in [0.1, 0.15) is 17.0 Å². The second-order valence-electron chi connectivity index (χ2n) is 5.89. The van der Waals surface area contributed by atoms with Gasteiger partial charge in [0.05, 0.1) is 20.0 Å². The molecule has 2 aromatic carbocycles. The molecule has 2 heterocycles. The van der Waals surface area contributed by atoms with Crippen molar-refractivity contribution < 1.29 is 14.3 Å². The SMILES string of the molecule is COc1ccc(NC(=O)CSc2nnc3c(n2)[nH]c2ccc(OC)cc23)cc1. The lowest BCUT2D eigenvalue weighted by Crippen LogP contribution is -2.14. The number of fused-ring (bicyclic) bond motifs is 3. The van der Waals surface area contributed by atoms with Crippen molar-refractivity contribution in [2.75, 3.05) is 25.3 Å². The quantitative estimate of drug-likeness (QED) is 0.483. The number of rotatable bonds is 6. The fourth-order valence-electron chi connectivity index (χ4n) is 2.73. The van der Waals surface area contributed by atoms with Crippen molar-refractivity contribution >= 4 is 45.4 Å². The topological polar surface area (TPSA) is 102 Å². The number of ether oxygens (including phenoxy) is 2. The van der Waals surface area contributed by atoms with Crippen molar-refractivity contribution in [1.82, 2.24) is 20.2 Å². The number of H-pyrrole nitrogens is 1. The number of aromatic amines is 1. The van der Waals surface area contributed by atoms with Gasteiger partial charge in [-0.25, -0.2) is 4.98 Å². The Labute approximate surface area is 164 Å². The molecule has 4 aromatic rings. The molecule has 2 N–H and O–H groups in total. The standard InChI is InChI=1S/C19H17N5O3S/c1-26-12-5-3-11(4-6-12)20-16(25)10-28-19-22-18-17(23-24-19)14-9-13(27-2)7-8-15(14)21-18/h3-9H,10H2,1-2H3,(H,20,25)(H,21,22,24). The average Bonchev–Trinajstić information content (AvgIpc) is 3.09. The van der Waals surface area contributed by atoms with Gasteiger partial charge in [0.25, 0.3) is 0 Å². The van der Waals surface area contributed by atoms with Gasteiger partial charge in [-0.05, 0) is 42.5 Å². The Balaban J connectivity index is 1.45. The smallest absolute Gasteiger partial charge is 0.234 e. The molecule has 28 heavy (non-hydrogen) atoms. The highest BCUT2D eigenvalue weighted by atomic mass is 32.2. The van der Waals surface area contributed by atoms with E-state index in [4.69, 9.17) is 9.47 Å². The summed E-state index contributed by atoms with van der Waals surface area (Å²) in [7, 11) is 3.21. The third kappa shape index (κ3) is 3.70. The Kier molecular flexibility index (Phi) is 4.98. The first-order chi connectivity index (χ1) is 13.7. The molecule has 9 heteroatoms. The number of nitrogens with zero attached hydrogens (tertiary/aromatic N) is 3. The fourth-order valence-corrected chi connectivity index (χ4v) is 3.31. The molecule has 0 saturated carbocycles. The first-order valence-electron chi connectivity index (χ1n) is 8.43. The van der Waals surface area contributed by atoms with Crippen molar-refractivity contribution in [3.8, 4) is 11.5 Å². The van der Waals surface area contributed by atoms with Crippen LogP contribution in [0.1, 0.15) is 0 Å². The number of benzene rings is 2. The molecule has 2 aromatic heterocycles. The highest BCUT2D eigenvalue weighted by molar-refractivity contribution is 7.99. The molecule has 0 bridgehead atoms. The zero-order chi connectivity index (χ0) is 19.5. The van der Waals surface area contributed by atoms with Crippen molar-refractivity contribution in [1.29, 1.82) is 0 Å². The molecule has 0 spiro atoms. The lowest BCUT2D eigenvalue weighted by molar-refractivity contribution is -0.113. The number of hydrogen-bond donors (Lipinski definition) is 2. The predicted octanol–water partition coefficient (Wildman–Crippen LogP) is 3.25. The van der Waals surface area contributed by atoms with Crippen molar-refractivity contribution in [3.63, 3.8) is 0 Å². The molecule has 8 nitrogen and oxygen atoms in total.